The Hall–Kier alpha value is -2.41. The van der Waals surface area contributed by atoms with Crippen LogP contribution in [-0.2, 0) is 16.1 Å². The third-order valence-corrected chi connectivity index (χ3v) is 6.09. The lowest BCUT2D eigenvalue weighted by molar-refractivity contribution is -0.109. The Morgan fingerprint density at radius 2 is 2.10 bits per heavy atom. The van der Waals surface area contributed by atoms with Crippen molar-refractivity contribution in [2.24, 2.45) is 5.73 Å². The summed E-state index contributed by atoms with van der Waals surface area (Å²) in [6.45, 7) is 1.87. The summed E-state index contributed by atoms with van der Waals surface area (Å²) in [5.41, 5.74) is 10.7. The SMILES string of the molecule is NC(=S)c1cccc(-c2cn(C3CCOCC3)c3c(Cl)c(CNC=O)ccc23)c1. The van der Waals surface area contributed by atoms with Crippen LogP contribution in [0.25, 0.3) is 22.0 Å². The fourth-order valence-corrected chi connectivity index (χ4v) is 4.41. The Kier molecular flexibility index (Phi) is 5.85. The summed E-state index contributed by atoms with van der Waals surface area (Å²) in [5.74, 6) is 0. The first kappa shape index (κ1) is 19.9. The molecule has 0 saturated carbocycles. The number of rotatable bonds is 6. The number of nitrogens with two attached hydrogens (primary N) is 1. The minimum Gasteiger partial charge on any atom is -0.389 e. The average Bonchev–Trinajstić information content (AvgIpc) is 3.14. The summed E-state index contributed by atoms with van der Waals surface area (Å²) < 4.78 is 7.82. The number of hydrogen-bond donors (Lipinski definition) is 2. The van der Waals surface area contributed by atoms with Crippen LogP contribution in [0.3, 0.4) is 0 Å². The van der Waals surface area contributed by atoms with Gasteiger partial charge in [-0.2, -0.15) is 0 Å². The topological polar surface area (TPSA) is 69.3 Å². The van der Waals surface area contributed by atoms with E-state index < -0.39 is 0 Å². The van der Waals surface area contributed by atoms with Gasteiger partial charge in [0, 0.05) is 48.5 Å². The zero-order valence-electron chi connectivity index (χ0n) is 15.9. The van der Waals surface area contributed by atoms with Gasteiger partial charge in [0.15, 0.2) is 0 Å². The predicted molar refractivity (Wildman–Crippen MR) is 120 cm³/mol. The highest BCUT2D eigenvalue weighted by atomic mass is 35.5. The quantitative estimate of drug-likeness (QED) is 0.457. The van der Waals surface area contributed by atoms with Gasteiger partial charge in [-0.15, -0.1) is 0 Å². The van der Waals surface area contributed by atoms with E-state index in [-0.39, 0.29) is 0 Å². The number of carbonyl (C=O) groups is 1. The number of ether oxygens (including phenoxy) is 1. The molecule has 0 atom stereocenters. The van der Waals surface area contributed by atoms with Gasteiger partial charge in [0.25, 0.3) is 0 Å². The second kappa shape index (κ2) is 8.53. The number of thiocarbonyl (C=S) groups is 1. The standard InChI is InChI=1S/C22H22ClN3O2S/c23-20-16(11-25-13-27)4-5-18-19(14-2-1-3-15(10-14)22(24)29)12-26(21(18)20)17-6-8-28-9-7-17/h1-5,10,12-13,17H,6-9,11H2,(H2,24,29)(H,25,27). The second-order valence-corrected chi connectivity index (χ2v) is 7.99. The van der Waals surface area contributed by atoms with Crippen LogP contribution in [0.5, 0.6) is 0 Å². The molecule has 5 nitrogen and oxygen atoms in total. The van der Waals surface area contributed by atoms with Gasteiger partial charge in [0.05, 0.1) is 10.5 Å². The normalized spacial score (nSPS) is 14.8. The van der Waals surface area contributed by atoms with Crippen molar-refractivity contribution in [1.82, 2.24) is 9.88 Å². The van der Waals surface area contributed by atoms with E-state index in [0.29, 0.717) is 29.0 Å². The van der Waals surface area contributed by atoms with Gasteiger partial charge in [-0.3, -0.25) is 4.79 Å². The van der Waals surface area contributed by atoms with Gasteiger partial charge in [0.2, 0.25) is 6.41 Å². The van der Waals surface area contributed by atoms with Gasteiger partial charge in [0.1, 0.15) is 4.99 Å². The number of benzene rings is 2. The molecule has 2 heterocycles. The molecule has 1 fully saturated rings. The summed E-state index contributed by atoms with van der Waals surface area (Å²) in [5, 5.41) is 4.44. The van der Waals surface area contributed by atoms with Gasteiger partial charge in [-0.25, -0.2) is 0 Å². The maximum atomic E-state index is 10.7. The lowest BCUT2D eigenvalue weighted by Crippen LogP contribution is -2.19. The molecule has 0 aliphatic carbocycles. The molecule has 150 valence electrons. The largest absolute Gasteiger partial charge is 0.389 e. The zero-order chi connectivity index (χ0) is 20.4. The molecule has 3 aromatic rings. The first-order valence-electron chi connectivity index (χ1n) is 9.57. The van der Waals surface area contributed by atoms with Gasteiger partial charge in [-0.05, 0) is 30.0 Å². The van der Waals surface area contributed by atoms with Crippen molar-refractivity contribution >= 4 is 46.1 Å². The minimum atomic E-state index is 0.311. The zero-order valence-corrected chi connectivity index (χ0v) is 17.4. The number of amides is 1. The van der Waals surface area contributed by atoms with Gasteiger partial charge >= 0.3 is 0 Å². The first-order chi connectivity index (χ1) is 14.1. The first-order valence-corrected chi connectivity index (χ1v) is 10.4. The molecule has 1 aliphatic rings. The monoisotopic (exact) mass is 427 g/mol. The van der Waals surface area contributed by atoms with Crippen molar-refractivity contribution in [2.45, 2.75) is 25.4 Å². The van der Waals surface area contributed by atoms with Crippen LogP contribution in [0, 0.1) is 0 Å². The van der Waals surface area contributed by atoms with Crippen LogP contribution in [0.1, 0.15) is 30.0 Å². The molecule has 0 spiro atoms. The maximum absolute atomic E-state index is 10.7. The Labute approximate surface area is 179 Å². The van der Waals surface area contributed by atoms with E-state index in [0.717, 1.165) is 59.2 Å². The van der Waals surface area contributed by atoms with Crippen LogP contribution in [-0.4, -0.2) is 29.2 Å². The Balaban J connectivity index is 1.91. The molecule has 4 rings (SSSR count). The molecule has 1 saturated heterocycles. The van der Waals surface area contributed by atoms with Crippen molar-refractivity contribution < 1.29 is 9.53 Å². The van der Waals surface area contributed by atoms with E-state index in [1.54, 1.807) is 0 Å². The lowest BCUT2D eigenvalue weighted by atomic mass is 10.0. The molecule has 2 aromatic carbocycles. The van der Waals surface area contributed by atoms with Crippen LogP contribution in [0.2, 0.25) is 5.02 Å². The smallest absolute Gasteiger partial charge is 0.207 e. The van der Waals surface area contributed by atoms with E-state index in [4.69, 9.17) is 34.3 Å². The second-order valence-electron chi connectivity index (χ2n) is 7.17. The molecular formula is C22H22ClN3O2S. The summed E-state index contributed by atoms with van der Waals surface area (Å²) in [7, 11) is 0. The number of aromatic nitrogens is 1. The predicted octanol–water partition coefficient (Wildman–Crippen LogP) is 4.19. The van der Waals surface area contributed by atoms with Crippen LogP contribution in [0.4, 0.5) is 0 Å². The van der Waals surface area contributed by atoms with E-state index in [9.17, 15) is 4.79 Å². The number of fused-ring (bicyclic) bond motifs is 1. The summed E-state index contributed by atoms with van der Waals surface area (Å²) in [6.07, 6.45) is 4.72. The van der Waals surface area contributed by atoms with E-state index in [1.807, 2.05) is 24.3 Å². The minimum absolute atomic E-state index is 0.311. The van der Waals surface area contributed by atoms with Crippen molar-refractivity contribution in [3.63, 3.8) is 0 Å². The highest BCUT2D eigenvalue weighted by Gasteiger charge is 2.22. The van der Waals surface area contributed by atoms with Crippen molar-refractivity contribution in [3.05, 3.63) is 58.7 Å². The molecule has 7 heteroatoms. The number of nitrogens with one attached hydrogen (secondary N) is 1. The van der Waals surface area contributed by atoms with Gasteiger partial charge < -0.3 is 20.4 Å². The maximum Gasteiger partial charge on any atom is 0.207 e. The number of hydrogen-bond acceptors (Lipinski definition) is 3. The third-order valence-electron chi connectivity index (χ3n) is 5.43. The van der Waals surface area contributed by atoms with E-state index >= 15 is 0 Å². The molecule has 0 bridgehead atoms. The molecular weight excluding hydrogens is 406 g/mol. The van der Waals surface area contributed by atoms with E-state index in [2.05, 4.69) is 28.2 Å². The Bertz CT molecular complexity index is 1070. The summed E-state index contributed by atoms with van der Waals surface area (Å²) in [6, 6.07) is 12.3. The third kappa shape index (κ3) is 3.88. The van der Waals surface area contributed by atoms with Crippen molar-refractivity contribution in [3.8, 4) is 11.1 Å². The van der Waals surface area contributed by atoms with E-state index in [1.165, 1.54) is 0 Å². The number of halogens is 1. The molecule has 3 N–H and O–H groups in total. The molecule has 0 unspecified atom stereocenters. The van der Waals surface area contributed by atoms with Crippen molar-refractivity contribution in [1.29, 1.82) is 0 Å². The Morgan fingerprint density at radius 1 is 1.31 bits per heavy atom. The fraction of sp³-hybridized carbons (Fsp3) is 0.273. The average molecular weight is 428 g/mol. The highest BCUT2D eigenvalue weighted by molar-refractivity contribution is 7.80. The molecule has 1 aliphatic heterocycles. The van der Waals surface area contributed by atoms with Crippen molar-refractivity contribution in [2.75, 3.05) is 13.2 Å². The number of carbonyl (C=O) groups excluding carboxylic acids is 1. The molecule has 29 heavy (non-hydrogen) atoms. The fourth-order valence-electron chi connectivity index (χ4n) is 3.96. The summed E-state index contributed by atoms with van der Waals surface area (Å²) in [4.78, 5) is 11.1. The van der Waals surface area contributed by atoms with Crippen LogP contribution < -0.4 is 11.1 Å². The summed E-state index contributed by atoms with van der Waals surface area (Å²) >= 11 is 12.0. The molecule has 1 aromatic heterocycles. The Morgan fingerprint density at radius 3 is 2.83 bits per heavy atom. The highest BCUT2D eigenvalue weighted by Crippen LogP contribution is 2.39. The van der Waals surface area contributed by atoms with Crippen LogP contribution >= 0.6 is 23.8 Å². The van der Waals surface area contributed by atoms with Crippen LogP contribution in [0.15, 0.2) is 42.6 Å². The molecule has 1 amide bonds. The van der Waals surface area contributed by atoms with Gasteiger partial charge in [-0.1, -0.05) is 54.2 Å². The number of nitrogens with zero attached hydrogens (tertiary/aromatic N) is 1. The lowest BCUT2D eigenvalue weighted by Gasteiger charge is -2.25. The molecule has 0 radical (unpaired) electrons.